The molecule has 0 atom stereocenters. The summed E-state index contributed by atoms with van der Waals surface area (Å²) in [6.07, 6.45) is 0. The highest BCUT2D eigenvalue weighted by Gasteiger charge is 2.30. The van der Waals surface area contributed by atoms with Crippen LogP contribution in [0.1, 0.15) is 5.56 Å². The quantitative estimate of drug-likeness (QED) is 0.383. The van der Waals surface area contributed by atoms with Gasteiger partial charge >= 0.3 is 5.97 Å². The Morgan fingerprint density at radius 3 is 2.21 bits per heavy atom. The van der Waals surface area contributed by atoms with Crippen molar-refractivity contribution in [3.8, 4) is 0 Å². The van der Waals surface area contributed by atoms with Crippen LogP contribution in [0.5, 0.6) is 0 Å². The molecule has 0 fully saturated rings. The predicted octanol–water partition coefficient (Wildman–Crippen LogP) is 2.18. The second-order valence-electron chi connectivity index (χ2n) is 5.57. The third-order valence-electron chi connectivity index (χ3n) is 3.78. The van der Waals surface area contributed by atoms with E-state index in [-0.39, 0.29) is 16.9 Å². The number of nitro groups is 2. The van der Waals surface area contributed by atoms with Gasteiger partial charge < -0.3 is 4.74 Å². The number of hydrogen-bond donors (Lipinski definition) is 0. The summed E-state index contributed by atoms with van der Waals surface area (Å²) in [5, 5.41) is 21.9. The average Bonchev–Trinajstić information content (AvgIpc) is 2.66. The van der Waals surface area contributed by atoms with Crippen LogP contribution in [0.3, 0.4) is 0 Å². The number of non-ortho nitro benzene ring substituents is 2. The molecule has 0 aliphatic heterocycles. The fraction of sp³-hybridized carbons (Fsp3) is 0.188. The lowest BCUT2D eigenvalue weighted by Crippen LogP contribution is -2.36. The van der Waals surface area contributed by atoms with E-state index >= 15 is 0 Å². The van der Waals surface area contributed by atoms with E-state index in [1.807, 2.05) is 0 Å². The van der Waals surface area contributed by atoms with Gasteiger partial charge in [-0.25, -0.2) is 8.42 Å². The number of aryl methyl sites for hydroxylation is 1. The lowest BCUT2D eigenvalue weighted by Gasteiger charge is -2.24. The van der Waals surface area contributed by atoms with Crippen molar-refractivity contribution >= 4 is 33.1 Å². The van der Waals surface area contributed by atoms with Gasteiger partial charge in [0.05, 0.1) is 27.5 Å². The van der Waals surface area contributed by atoms with Crippen molar-refractivity contribution in [2.24, 2.45) is 0 Å². The van der Waals surface area contributed by atoms with Gasteiger partial charge in [-0.3, -0.25) is 29.3 Å². The normalized spacial score (nSPS) is 10.9. The summed E-state index contributed by atoms with van der Waals surface area (Å²) in [6, 6.07) is 7.77. The van der Waals surface area contributed by atoms with Gasteiger partial charge in [0.2, 0.25) is 0 Å². The molecule has 2 rings (SSSR count). The number of sulfonamides is 1. The van der Waals surface area contributed by atoms with Gasteiger partial charge in [0.15, 0.2) is 0 Å². The molecule has 0 bridgehead atoms. The summed E-state index contributed by atoms with van der Waals surface area (Å²) in [6.45, 7) is 0.718. The van der Waals surface area contributed by atoms with E-state index in [0.29, 0.717) is 4.31 Å². The molecule has 0 aromatic heterocycles. The third-order valence-corrected chi connectivity index (χ3v) is 5.53. The highest BCUT2D eigenvalue weighted by molar-refractivity contribution is 7.92. The lowest BCUT2D eigenvalue weighted by atomic mass is 10.2. The fourth-order valence-corrected chi connectivity index (χ4v) is 3.91. The third kappa shape index (κ3) is 4.23. The summed E-state index contributed by atoms with van der Waals surface area (Å²) in [4.78, 5) is 31.9. The number of ether oxygens (including phenoxy) is 1. The van der Waals surface area contributed by atoms with Crippen LogP contribution in [-0.4, -0.2) is 37.9 Å². The maximum atomic E-state index is 13.1. The molecule has 11 nitrogen and oxygen atoms in total. The number of nitrogens with zero attached hydrogens (tertiary/aromatic N) is 3. The Hall–Kier alpha value is -3.54. The van der Waals surface area contributed by atoms with E-state index in [1.165, 1.54) is 19.1 Å². The second-order valence-corrected chi connectivity index (χ2v) is 7.43. The second kappa shape index (κ2) is 8.00. The van der Waals surface area contributed by atoms with Crippen LogP contribution in [0.25, 0.3) is 0 Å². The Labute approximate surface area is 159 Å². The van der Waals surface area contributed by atoms with Crippen LogP contribution >= 0.6 is 0 Å². The monoisotopic (exact) mass is 409 g/mol. The fourth-order valence-electron chi connectivity index (χ4n) is 2.40. The van der Waals surface area contributed by atoms with Gasteiger partial charge in [-0.2, -0.15) is 0 Å². The van der Waals surface area contributed by atoms with Gasteiger partial charge in [-0.1, -0.05) is 6.07 Å². The zero-order valence-corrected chi connectivity index (χ0v) is 15.6. The van der Waals surface area contributed by atoms with Gasteiger partial charge in [0.1, 0.15) is 6.54 Å². The molecule has 0 heterocycles. The van der Waals surface area contributed by atoms with Crippen molar-refractivity contribution in [3.63, 3.8) is 0 Å². The number of nitro benzene ring substituents is 2. The zero-order chi connectivity index (χ0) is 21.1. The number of esters is 1. The summed E-state index contributed by atoms with van der Waals surface area (Å²) in [5.74, 6) is -0.883. The van der Waals surface area contributed by atoms with Crippen molar-refractivity contribution < 1.29 is 27.8 Å². The molecule has 28 heavy (non-hydrogen) atoms. The molecule has 0 unspecified atom stereocenters. The summed E-state index contributed by atoms with van der Waals surface area (Å²) >= 11 is 0. The van der Waals surface area contributed by atoms with E-state index in [0.717, 1.165) is 37.4 Å². The average molecular weight is 409 g/mol. The maximum absolute atomic E-state index is 13.1. The van der Waals surface area contributed by atoms with Crippen LogP contribution in [-0.2, 0) is 19.6 Å². The molecule has 0 amide bonds. The number of carbonyl (C=O) groups is 1. The Balaban J connectivity index is 2.63. The molecule has 12 heteroatoms. The first kappa shape index (κ1) is 20.8. The smallest absolute Gasteiger partial charge is 0.326 e. The van der Waals surface area contributed by atoms with Crippen molar-refractivity contribution in [2.75, 3.05) is 18.0 Å². The van der Waals surface area contributed by atoms with E-state index < -0.39 is 43.0 Å². The molecule has 0 spiro atoms. The highest BCUT2D eigenvalue weighted by atomic mass is 32.2. The van der Waals surface area contributed by atoms with Gasteiger partial charge in [-0.05, 0) is 24.6 Å². The Bertz CT molecular complexity index is 1050. The van der Waals surface area contributed by atoms with E-state index in [9.17, 15) is 33.4 Å². The minimum atomic E-state index is -4.41. The number of hydrogen-bond acceptors (Lipinski definition) is 8. The predicted molar refractivity (Wildman–Crippen MR) is 97.5 cm³/mol. The Morgan fingerprint density at radius 1 is 1.07 bits per heavy atom. The Kier molecular flexibility index (Phi) is 5.93. The van der Waals surface area contributed by atoms with Crippen molar-refractivity contribution in [1.82, 2.24) is 0 Å². The van der Waals surface area contributed by atoms with Gasteiger partial charge in [0.25, 0.3) is 21.4 Å². The highest BCUT2D eigenvalue weighted by Crippen LogP contribution is 2.30. The number of methoxy groups -OCH3 is 1. The first-order valence-electron chi connectivity index (χ1n) is 7.67. The van der Waals surface area contributed by atoms with Crippen LogP contribution < -0.4 is 4.31 Å². The maximum Gasteiger partial charge on any atom is 0.326 e. The minimum absolute atomic E-state index is 0.00232. The van der Waals surface area contributed by atoms with E-state index in [1.54, 1.807) is 0 Å². The molecule has 0 saturated carbocycles. The standard InChI is InChI=1S/C16H15N3O8S/c1-11-8-13(19(23)24)6-7-15(11)17(10-16(20)27-2)28(25,26)14-5-3-4-12(9-14)18(21)22/h3-9H,10H2,1-2H3. The first-order valence-corrected chi connectivity index (χ1v) is 9.11. The molecule has 0 aliphatic rings. The van der Waals surface area contributed by atoms with Crippen LogP contribution in [0.15, 0.2) is 47.4 Å². The number of anilines is 1. The first-order chi connectivity index (χ1) is 13.1. The van der Waals surface area contributed by atoms with Gasteiger partial charge in [0, 0.05) is 24.3 Å². The van der Waals surface area contributed by atoms with Crippen molar-refractivity contribution in [3.05, 3.63) is 68.3 Å². The summed E-state index contributed by atoms with van der Waals surface area (Å²) in [5.41, 5.74) is -0.485. The molecule has 148 valence electrons. The number of carbonyl (C=O) groups excluding carboxylic acids is 1. The number of rotatable bonds is 7. The van der Waals surface area contributed by atoms with Gasteiger partial charge in [-0.15, -0.1) is 0 Å². The molecular formula is C16H15N3O8S. The molecular weight excluding hydrogens is 394 g/mol. The molecule has 0 aliphatic carbocycles. The van der Waals surface area contributed by atoms with Crippen LogP contribution in [0.4, 0.5) is 17.1 Å². The van der Waals surface area contributed by atoms with Crippen LogP contribution in [0, 0.1) is 27.2 Å². The van der Waals surface area contributed by atoms with E-state index in [4.69, 9.17) is 0 Å². The van der Waals surface area contributed by atoms with Crippen molar-refractivity contribution in [1.29, 1.82) is 0 Å². The number of benzene rings is 2. The molecule has 2 aromatic carbocycles. The molecule has 0 N–H and O–H groups in total. The summed E-state index contributed by atoms with van der Waals surface area (Å²) in [7, 11) is -3.34. The molecule has 2 aromatic rings. The zero-order valence-electron chi connectivity index (χ0n) is 14.8. The van der Waals surface area contributed by atoms with Crippen LogP contribution in [0.2, 0.25) is 0 Å². The van der Waals surface area contributed by atoms with E-state index in [2.05, 4.69) is 4.74 Å². The Morgan fingerprint density at radius 2 is 1.68 bits per heavy atom. The van der Waals surface area contributed by atoms with Crippen molar-refractivity contribution in [2.45, 2.75) is 11.8 Å². The summed E-state index contributed by atoms with van der Waals surface area (Å²) < 4.78 is 31.4. The molecule has 0 radical (unpaired) electrons. The SMILES string of the molecule is COC(=O)CN(c1ccc([N+](=O)[O-])cc1C)S(=O)(=O)c1cccc([N+](=O)[O-])c1. The molecule has 0 saturated heterocycles. The lowest BCUT2D eigenvalue weighted by molar-refractivity contribution is -0.385. The largest absolute Gasteiger partial charge is 0.468 e. The topological polar surface area (TPSA) is 150 Å². The minimum Gasteiger partial charge on any atom is -0.468 e.